The Balaban J connectivity index is 1.87. The van der Waals surface area contributed by atoms with Gasteiger partial charge in [0.2, 0.25) is 0 Å². The molecule has 3 heterocycles. The number of hydrogen-bond donors (Lipinski definition) is 0. The molecule has 3 aromatic heterocycles. The predicted octanol–water partition coefficient (Wildman–Crippen LogP) is 5.06. The van der Waals surface area contributed by atoms with Gasteiger partial charge in [-0.15, -0.1) is 11.3 Å². The fourth-order valence-electron chi connectivity index (χ4n) is 2.93. The Labute approximate surface area is 136 Å². The minimum atomic E-state index is 0.750. The zero-order chi connectivity index (χ0) is 15.2. The molecule has 0 unspecified atom stereocenters. The number of hydrogen-bond acceptors (Lipinski definition) is 4. The summed E-state index contributed by atoms with van der Waals surface area (Å²) < 4.78 is 2.41. The first-order chi connectivity index (χ1) is 11.4. The van der Waals surface area contributed by atoms with Gasteiger partial charge in [-0.3, -0.25) is 4.98 Å². The van der Waals surface area contributed by atoms with Gasteiger partial charge < -0.3 is 0 Å². The quantitative estimate of drug-likeness (QED) is 0.434. The van der Waals surface area contributed by atoms with Crippen molar-refractivity contribution in [2.75, 3.05) is 0 Å². The highest BCUT2D eigenvalue weighted by molar-refractivity contribution is 7.25. The average molecular weight is 313 g/mol. The molecule has 5 aromatic rings. The van der Waals surface area contributed by atoms with Crippen LogP contribution in [0.1, 0.15) is 0 Å². The lowest BCUT2D eigenvalue weighted by atomic mass is 10.1. The van der Waals surface area contributed by atoms with Crippen molar-refractivity contribution in [1.29, 1.82) is 0 Å². The fraction of sp³-hybridized carbons (Fsp3) is 0. The number of rotatable bonds is 1. The van der Waals surface area contributed by atoms with E-state index in [1.54, 1.807) is 11.3 Å². The van der Waals surface area contributed by atoms with Crippen molar-refractivity contribution in [3.8, 4) is 11.4 Å². The summed E-state index contributed by atoms with van der Waals surface area (Å²) in [7, 11) is 0. The monoisotopic (exact) mass is 313 g/mol. The van der Waals surface area contributed by atoms with Gasteiger partial charge in [0, 0.05) is 33.4 Å². The molecule has 0 fully saturated rings. The van der Waals surface area contributed by atoms with Gasteiger partial charge in [-0.25, -0.2) is 9.97 Å². The van der Waals surface area contributed by atoms with E-state index in [0.717, 1.165) is 33.2 Å². The molecule has 0 saturated heterocycles. The van der Waals surface area contributed by atoms with E-state index in [1.807, 2.05) is 42.7 Å². The SMILES string of the molecule is c1ccc2nc(-c3cccc4sc5cccnc5c34)ncc2c1. The van der Waals surface area contributed by atoms with Gasteiger partial charge in [-0.05, 0) is 24.3 Å². The van der Waals surface area contributed by atoms with Crippen LogP contribution < -0.4 is 0 Å². The molecule has 4 heteroatoms. The zero-order valence-corrected chi connectivity index (χ0v) is 12.9. The van der Waals surface area contributed by atoms with Crippen molar-refractivity contribution in [1.82, 2.24) is 15.0 Å². The first-order valence-corrected chi connectivity index (χ1v) is 8.20. The van der Waals surface area contributed by atoms with Gasteiger partial charge >= 0.3 is 0 Å². The number of fused-ring (bicyclic) bond motifs is 4. The molecule has 3 nitrogen and oxygen atoms in total. The second-order valence-electron chi connectivity index (χ2n) is 5.38. The van der Waals surface area contributed by atoms with E-state index in [9.17, 15) is 0 Å². The summed E-state index contributed by atoms with van der Waals surface area (Å²) in [5.74, 6) is 0.750. The van der Waals surface area contributed by atoms with E-state index in [4.69, 9.17) is 4.98 Å². The lowest BCUT2D eigenvalue weighted by Gasteiger charge is -2.04. The molecule has 23 heavy (non-hydrogen) atoms. The Hall–Kier alpha value is -2.85. The van der Waals surface area contributed by atoms with Crippen LogP contribution in [0.25, 0.3) is 42.6 Å². The van der Waals surface area contributed by atoms with Crippen molar-refractivity contribution in [3.63, 3.8) is 0 Å². The van der Waals surface area contributed by atoms with Crippen LogP contribution in [0.4, 0.5) is 0 Å². The normalized spacial score (nSPS) is 11.5. The smallest absolute Gasteiger partial charge is 0.160 e. The molecule has 0 aliphatic carbocycles. The van der Waals surface area contributed by atoms with Crippen molar-refractivity contribution >= 4 is 42.5 Å². The molecule has 0 atom stereocenters. The summed E-state index contributed by atoms with van der Waals surface area (Å²) >= 11 is 1.76. The second kappa shape index (κ2) is 4.83. The van der Waals surface area contributed by atoms with Crippen LogP contribution in [0.15, 0.2) is 67.0 Å². The maximum Gasteiger partial charge on any atom is 0.160 e. The molecule has 0 radical (unpaired) electrons. The highest BCUT2D eigenvalue weighted by Crippen LogP contribution is 2.37. The number of aromatic nitrogens is 3. The Bertz CT molecular complexity index is 1180. The van der Waals surface area contributed by atoms with Crippen LogP contribution in [0, 0.1) is 0 Å². The molecule has 0 spiro atoms. The van der Waals surface area contributed by atoms with E-state index in [0.29, 0.717) is 0 Å². The van der Waals surface area contributed by atoms with Crippen LogP contribution in [-0.2, 0) is 0 Å². The van der Waals surface area contributed by atoms with E-state index in [2.05, 4.69) is 34.2 Å². The molecule has 0 aliphatic heterocycles. The van der Waals surface area contributed by atoms with Crippen LogP contribution in [0.3, 0.4) is 0 Å². The summed E-state index contributed by atoms with van der Waals surface area (Å²) in [6.07, 6.45) is 3.73. The Morgan fingerprint density at radius 1 is 0.783 bits per heavy atom. The Morgan fingerprint density at radius 3 is 2.70 bits per heavy atom. The van der Waals surface area contributed by atoms with Gasteiger partial charge in [-0.1, -0.05) is 30.3 Å². The average Bonchev–Trinajstić information content (AvgIpc) is 3.00. The maximum atomic E-state index is 4.75. The number of nitrogens with zero attached hydrogens (tertiary/aromatic N) is 3. The molecule has 0 bridgehead atoms. The van der Waals surface area contributed by atoms with Gasteiger partial charge in [0.15, 0.2) is 5.82 Å². The molecule has 0 amide bonds. The third-order valence-corrected chi connectivity index (χ3v) is 5.09. The largest absolute Gasteiger partial charge is 0.255 e. The lowest BCUT2D eigenvalue weighted by molar-refractivity contribution is 1.23. The first-order valence-electron chi connectivity index (χ1n) is 7.38. The molecular weight excluding hydrogens is 302 g/mol. The van der Waals surface area contributed by atoms with Crippen molar-refractivity contribution in [2.24, 2.45) is 0 Å². The molecule has 0 aliphatic rings. The number of thiophene rings is 1. The van der Waals surface area contributed by atoms with Crippen molar-refractivity contribution in [2.45, 2.75) is 0 Å². The molecule has 2 aromatic carbocycles. The third-order valence-electron chi connectivity index (χ3n) is 3.98. The van der Waals surface area contributed by atoms with Gasteiger partial charge in [0.05, 0.1) is 15.7 Å². The second-order valence-corrected chi connectivity index (χ2v) is 6.47. The summed E-state index contributed by atoms with van der Waals surface area (Å²) in [5.41, 5.74) is 3.03. The van der Waals surface area contributed by atoms with Gasteiger partial charge in [0.1, 0.15) is 0 Å². The summed E-state index contributed by atoms with van der Waals surface area (Å²) in [6.45, 7) is 0. The molecule has 108 valence electrons. The van der Waals surface area contributed by atoms with Crippen molar-refractivity contribution in [3.05, 3.63) is 67.0 Å². The first kappa shape index (κ1) is 12.7. The number of pyridine rings is 1. The fourth-order valence-corrected chi connectivity index (χ4v) is 4.02. The standard InChI is InChI=1S/C19H11N3S/c1-2-7-14-12(5-1)11-21-19(22-14)13-6-3-8-15-17(13)18-16(23-15)9-4-10-20-18/h1-11H. The minimum Gasteiger partial charge on any atom is -0.255 e. The zero-order valence-electron chi connectivity index (χ0n) is 12.1. The van der Waals surface area contributed by atoms with E-state index >= 15 is 0 Å². The molecule has 0 saturated carbocycles. The molecular formula is C19H11N3S. The number of benzene rings is 2. The number of para-hydroxylation sites is 1. The van der Waals surface area contributed by atoms with Gasteiger partial charge in [0.25, 0.3) is 0 Å². The van der Waals surface area contributed by atoms with E-state index in [-0.39, 0.29) is 0 Å². The summed E-state index contributed by atoms with van der Waals surface area (Å²) in [6, 6.07) is 18.4. The topological polar surface area (TPSA) is 38.7 Å². The molecule has 5 rings (SSSR count). The van der Waals surface area contributed by atoms with E-state index in [1.165, 1.54) is 9.40 Å². The van der Waals surface area contributed by atoms with Crippen LogP contribution in [0.2, 0.25) is 0 Å². The van der Waals surface area contributed by atoms with Crippen LogP contribution in [0.5, 0.6) is 0 Å². The highest BCUT2D eigenvalue weighted by atomic mass is 32.1. The third kappa shape index (κ3) is 1.92. The van der Waals surface area contributed by atoms with Crippen LogP contribution >= 0.6 is 11.3 Å². The van der Waals surface area contributed by atoms with Gasteiger partial charge in [-0.2, -0.15) is 0 Å². The molecule has 0 N–H and O–H groups in total. The Kier molecular flexibility index (Phi) is 2.66. The summed E-state index contributed by atoms with van der Waals surface area (Å²) in [5, 5.41) is 2.19. The van der Waals surface area contributed by atoms with Crippen molar-refractivity contribution < 1.29 is 0 Å². The minimum absolute atomic E-state index is 0.750. The van der Waals surface area contributed by atoms with Crippen LogP contribution in [-0.4, -0.2) is 15.0 Å². The lowest BCUT2D eigenvalue weighted by Crippen LogP contribution is -1.90. The predicted molar refractivity (Wildman–Crippen MR) is 95.7 cm³/mol. The maximum absolute atomic E-state index is 4.75. The highest BCUT2D eigenvalue weighted by Gasteiger charge is 2.13. The van der Waals surface area contributed by atoms with E-state index < -0.39 is 0 Å². The Morgan fingerprint density at radius 2 is 1.70 bits per heavy atom. The summed E-state index contributed by atoms with van der Waals surface area (Å²) in [4.78, 5) is 13.9.